The number of aryl methyl sites for hydroxylation is 1. The summed E-state index contributed by atoms with van der Waals surface area (Å²) in [4.78, 5) is 41.9. The number of anilines is 1. The van der Waals surface area contributed by atoms with E-state index in [-0.39, 0.29) is 11.8 Å². The Morgan fingerprint density at radius 2 is 1.77 bits per heavy atom. The fourth-order valence-electron chi connectivity index (χ4n) is 3.79. The average Bonchev–Trinajstić information content (AvgIpc) is 2.91. The van der Waals surface area contributed by atoms with E-state index >= 15 is 0 Å². The van der Waals surface area contributed by atoms with Gasteiger partial charge in [0.25, 0.3) is 5.91 Å². The van der Waals surface area contributed by atoms with Gasteiger partial charge in [-0.2, -0.15) is 0 Å². The SMILES string of the molecule is CCc1cc(N2CCN(C(C)=O)CC2)nc(SCc2ccc(C(=O)NCc3ccccn3)cc2)n1. The van der Waals surface area contributed by atoms with E-state index in [1.165, 1.54) is 0 Å². The van der Waals surface area contributed by atoms with Crippen molar-refractivity contribution in [3.63, 3.8) is 0 Å². The average molecular weight is 491 g/mol. The van der Waals surface area contributed by atoms with Crippen molar-refractivity contribution in [2.24, 2.45) is 0 Å². The highest BCUT2D eigenvalue weighted by molar-refractivity contribution is 7.98. The summed E-state index contributed by atoms with van der Waals surface area (Å²) in [5, 5.41) is 3.64. The summed E-state index contributed by atoms with van der Waals surface area (Å²) in [6.07, 6.45) is 2.55. The molecule has 1 aromatic carbocycles. The van der Waals surface area contributed by atoms with Crippen LogP contribution in [0.2, 0.25) is 0 Å². The summed E-state index contributed by atoms with van der Waals surface area (Å²) >= 11 is 1.59. The van der Waals surface area contributed by atoms with Crippen molar-refractivity contribution >= 4 is 29.4 Å². The number of amides is 2. The van der Waals surface area contributed by atoms with Crippen LogP contribution >= 0.6 is 11.8 Å². The molecule has 3 heterocycles. The lowest BCUT2D eigenvalue weighted by molar-refractivity contribution is -0.129. The molecule has 0 unspecified atom stereocenters. The largest absolute Gasteiger partial charge is 0.353 e. The molecule has 182 valence electrons. The van der Waals surface area contributed by atoms with Crippen LogP contribution in [0.5, 0.6) is 0 Å². The molecule has 0 saturated carbocycles. The van der Waals surface area contributed by atoms with Crippen molar-refractivity contribution in [1.29, 1.82) is 0 Å². The first kappa shape index (κ1) is 24.7. The molecule has 0 radical (unpaired) electrons. The summed E-state index contributed by atoms with van der Waals surface area (Å²) in [7, 11) is 0. The first-order valence-electron chi connectivity index (χ1n) is 11.8. The predicted molar refractivity (Wildman–Crippen MR) is 137 cm³/mol. The monoisotopic (exact) mass is 490 g/mol. The van der Waals surface area contributed by atoms with Gasteiger partial charge in [0, 0.05) is 62.4 Å². The molecule has 1 N–H and O–H groups in total. The lowest BCUT2D eigenvalue weighted by Gasteiger charge is -2.35. The third-order valence-electron chi connectivity index (χ3n) is 5.90. The predicted octanol–water partition coefficient (Wildman–Crippen LogP) is 3.32. The second-order valence-electron chi connectivity index (χ2n) is 8.34. The minimum atomic E-state index is -0.122. The Labute approximate surface area is 210 Å². The smallest absolute Gasteiger partial charge is 0.251 e. The number of carbonyl (C=O) groups is 2. The molecule has 1 aliphatic heterocycles. The Hall–Kier alpha value is -3.46. The van der Waals surface area contributed by atoms with Gasteiger partial charge in [0.1, 0.15) is 5.82 Å². The maximum atomic E-state index is 12.4. The summed E-state index contributed by atoms with van der Waals surface area (Å²) in [6.45, 7) is 7.07. The molecule has 3 aromatic rings. The van der Waals surface area contributed by atoms with Gasteiger partial charge in [-0.1, -0.05) is 36.9 Å². The zero-order valence-corrected chi connectivity index (χ0v) is 20.9. The molecule has 8 nitrogen and oxygen atoms in total. The van der Waals surface area contributed by atoms with Gasteiger partial charge in [-0.15, -0.1) is 0 Å². The molecular weight excluding hydrogens is 460 g/mol. The number of hydrogen-bond donors (Lipinski definition) is 1. The number of benzene rings is 1. The zero-order chi connectivity index (χ0) is 24.6. The van der Waals surface area contributed by atoms with Gasteiger partial charge in [0.15, 0.2) is 5.16 Å². The Morgan fingerprint density at radius 3 is 2.43 bits per heavy atom. The van der Waals surface area contributed by atoms with Crippen LogP contribution in [0.25, 0.3) is 0 Å². The van der Waals surface area contributed by atoms with E-state index in [4.69, 9.17) is 9.97 Å². The van der Waals surface area contributed by atoms with E-state index in [1.807, 2.05) is 53.4 Å². The molecule has 2 aromatic heterocycles. The third-order valence-corrected chi connectivity index (χ3v) is 6.82. The Balaban J connectivity index is 1.34. The van der Waals surface area contributed by atoms with E-state index < -0.39 is 0 Å². The number of aromatic nitrogens is 3. The number of nitrogens with one attached hydrogen (secondary N) is 1. The minimum absolute atomic E-state index is 0.120. The molecule has 0 bridgehead atoms. The van der Waals surface area contributed by atoms with Gasteiger partial charge >= 0.3 is 0 Å². The topological polar surface area (TPSA) is 91.3 Å². The van der Waals surface area contributed by atoms with Crippen LogP contribution < -0.4 is 10.2 Å². The maximum absolute atomic E-state index is 12.4. The highest BCUT2D eigenvalue weighted by atomic mass is 32.2. The van der Waals surface area contributed by atoms with Crippen LogP contribution in [0.3, 0.4) is 0 Å². The van der Waals surface area contributed by atoms with Gasteiger partial charge in [0.2, 0.25) is 5.91 Å². The second kappa shape index (κ2) is 11.8. The molecular formula is C26H30N6O2S. The number of nitrogens with zero attached hydrogens (tertiary/aromatic N) is 5. The number of pyridine rings is 1. The summed E-state index contributed by atoms with van der Waals surface area (Å²) in [6, 6.07) is 15.3. The second-order valence-corrected chi connectivity index (χ2v) is 9.28. The van der Waals surface area contributed by atoms with Crippen LogP contribution in [0.4, 0.5) is 5.82 Å². The van der Waals surface area contributed by atoms with E-state index in [0.29, 0.717) is 31.0 Å². The first-order chi connectivity index (χ1) is 17.0. The number of hydrogen-bond acceptors (Lipinski definition) is 7. The molecule has 2 amide bonds. The van der Waals surface area contributed by atoms with Gasteiger partial charge in [-0.05, 0) is 36.2 Å². The maximum Gasteiger partial charge on any atom is 0.251 e. The Morgan fingerprint density at radius 1 is 1.00 bits per heavy atom. The summed E-state index contributed by atoms with van der Waals surface area (Å²) in [5.74, 6) is 1.63. The molecule has 0 spiro atoms. The van der Waals surface area contributed by atoms with Crippen LogP contribution in [0, 0.1) is 0 Å². The summed E-state index contributed by atoms with van der Waals surface area (Å²) in [5.41, 5.74) is 3.54. The standard InChI is InChI=1S/C26H30N6O2S/c1-3-22-16-24(32-14-12-31(13-15-32)19(2)33)30-26(29-22)35-18-20-7-9-21(10-8-20)25(34)28-17-23-6-4-5-11-27-23/h4-11,16H,3,12-15,17-18H2,1-2H3,(H,28,34). The molecule has 0 aliphatic carbocycles. The van der Waals surface area contributed by atoms with Crippen molar-refractivity contribution in [3.8, 4) is 0 Å². The van der Waals surface area contributed by atoms with Crippen molar-refractivity contribution in [1.82, 2.24) is 25.2 Å². The molecule has 1 aliphatic rings. The van der Waals surface area contributed by atoms with E-state index in [0.717, 1.165) is 47.4 Å². The number of piperazine rings is 1. The van der Waals surface area contributed by atoms with E-state index in [9.17, 15) is 9.59 Å². The molecule has 0 atom stereocenters. The van der Waals surface area contributed by atoms with E-state index in [1.54, 1.807) is 24.9 Å². The fourth-order valence-corrected chi connectivity index (χ4v) is 4.62. The first-order valence-corrected chi connectivity index (χ1v) is 12.8. The summed E-state index contributed by atoms with van der Waals surface area (Å²) < 4.78 is 0. The zero-order valence-electron chi connectivity index (χ0n) is 20.1. The fraction of sp³-hybridized carbons (Fsp3) is 0.346. The molecule has 4 rings (SSSR count). The quantitative estimate of drug-likeness (QED) is 0.383. The van der Waals surface area contributed by atoms with Gasteiger partial charge in [-0.25, -0.2) is 9.97 Å². The van der Waals surface area contributed by atoms with Crippen molar-refractivity contribution < 1.29 is 9.59 Å². The highest BCUT2D eigenvalue weighted by Gasteiger charge is 2.20. The molecule has 1 saturated heterocycles. The molecule has 35 heavy (non-hydrogen) atoms. The third kappa shape index (κ3) is 6.79. The molecule has 9 heteroatoms. The van der Waals surface area contributed by atoms with Crippen LogP contribution in [0.15, 0.2) is 59.9 Å². The van der Waals surface area contributed by atoms with Gasteiger partial charge < -0.3 is 15.1 Å². The molecule has 1 fully saturated rings. The lowest BCUT2D eigenvalue weighted by atomic mass is 10.1. The number of rotatable bonds is 8. The highest BCUT2D eigenvalue weighted by Crippen LogP contribution is 2.24. The lowest BCUT2D eigenvalue weighted by Crippen LogP contribution is -2.48. The van der Waals surface area contributed by atoms with Crippen molar-refractivity contribution in [2.75, 3.05) is 31.1 Å². The van der Waals surface area contributed by atoms with Crippen LogP contribution in [-0.2, 0) is 23.5 Å². The van der Waals surface area contributed by atoms with Gasteiger partial charge in [0.05, 0.1) is 12.2 Å². The van der Waals surface area contributed by atoms with Crippen molar-refractivity contribution in [2.45, 2.75) is 37.7 Å². The Kier molecular flexibility index (Phi) is 8.31. The number of thioether (sulfide) groups is 1. The van der Waals surface area contributed by atoms with Crippen LogP contribution in [0.1, 0.15) is 41.2 Å². The number of carbonyl (C=O) groups excluding carboxylic acids is 2. The Bertz CT molecular complexity index is 1150. The minimum Gasteiger partial charge on any atom is -0.353 e. The van der Waals surface area contributed by atoms with E-state index in [2.05, 4.69) is 22.1 Å². The normalized spacial score (nSPS) is 13.5. The van der Waals surface area contributed by atoms with Crippen LogP contribution in [-0.4, -0.2) is 57.8 Å². The van der Waals surface area contributed by atoms with Gasteiger partial charge in [-0.3, -0.25) is 14.6 Å². The van der Waals surface area contributed by atoms with Crippen molar-refractivity contribution in [3.05, 3.63) is 77.2 Å².